The molecule has 39 heavy (non-hydrogen) atoms. The molecular weight excluding hydrogens is 530 g/mol. The third-order valence-electron chi connectivity index (χ3n) is 5.50. The van der Waals surface area contributed by atoms with E-state index in [1.54, 1.807) is 22.8 Å². The molecule has 0 unspecified atom stereocenters. The van der Waals surface area contributed by atoms with Crippen molar-refractivity contribution in [3.8, 4) is 5.75 Å². The highest BCUT2D eigenvalue weighted by Gasteiger charge is 2.27. The maximum atomic E-state index is 12.8. The van der Waals surface area contributed by atoms with Crippen LogP contribution < -0.4 is 26.1 Å². The summed E-state index contributed by atoms with van der Waals surface area (Å²) in [5.74, 6) is -1.20. The quantitative estimate of drug-likeness (QED) is 0.153. The number of carboxylic acid groups (broad SMARTS) is 1. The second-order valence-corrected chi connectivity index (χ2v) is 10.0. The van der Waals surface area contributed by atoms with Gasteiger partial charge in [0.2, 0.25) is 0 Å². The number of aryl methyl sites for hydroxylation is 1. The van der Waals surface area contributed by atoms with Crippen LogP contribution in [0, 0.1) is 0 Å². The van der Waals surface area contributed by atoms with Crippen LogP contribution in [0.5, 0.6) is 5.75 Å². The summed E-state index contributed by atoms with van der Waals surface area (Å²) in [6, 6.07) is 5.27. The zero-order valence-electron chi connectivity index (χ0n) is 22.3. The number of aliphatic carboxylic acids is 1. The molecule has 0 fully saturated rings. The molecule has 14 heteroatoms. The lowest BCUT2D eigenvalue weighted by Gasteiger charge is -2.19. The average molecular weight is 563 g/mol. The second-order valence-electron chi connectivity index (χ2n) is 9.65. The maximum Gasteiger partial charge on any atom is 0.346 e. The Balaban J connectivity index is 1.82. The van der Waals surface area contributed by atoms with Crippen molar-refractivity contribution in [1.82, 2.24) is 19.9 Å². The molecule has 210 valence electrons. The van der Waals surface area contributed by atoms with E-state index in [1.165, 1.54) is 0 Å². The first-order valence-corrected chi connectivity index (χ1v) is 12.7. The Morgan fingerprint density at radius 2 is 1.90 bits per heavy atom. The van der Waals surface area contributed by atoms with Gasteiger partial charge in [-0.15, -0.1) is 0 Å². The van der Waals surface area contributed by atoms with E-state index in [-0.39, 0.29) is 48.0 Å². The van der Waals surface area contributed by atoms with Crippen LogP contribution in [0.15, 0.2) is 18.2 Å². The van der Waals surface area contributed by atoms with E-state index < -0.39 is 17.5 Å². The third kappa shape index (κ3) is 7.47. The van der Waals surface area contributed by atoms with Gasteiger partial charge in [0.15, 0.2) is 40.1 Å². The van der Waals surface area contributed by atoms with Crippen molar-refractivity contribution in [3.63, 3.8) is 0 Å². The van der Waals surface area contributed by atoms with Crippen molar-refractivity contribution in [3.05, 3.63) is 34.9 Å². The highest BCUT2D eigenvalue weighted by molar-refractivity contribution is 6.31. The van der Waals surface area contributed by atoms with Crippen LogP contribution in [0.1, 0.15) is 56.8 Å². The molecule has 1 aromatic carbocycles. The van der Waals surface area contributed by atoms with E-state index in [0.29, 0.717) is 42.2 Å². The molecule has 0 aliphatic rings. The molecule has 2 aromatic heterocycles. The fourth-order valence-electron chi connectivity index (χ4n) is 3.97. The lowest BCUT2D eigenvalue weighted by atomic mass is 10.2. The summed E-state index contributed by atoms with van der Waals surface area (Å²) in [4.78, 5) is 44.1. The van der Waals surface area contributed by atoms with E-state index in [9.17, 15) is 19.5 Å². The molecule has 3 aromatic rings. The summed E-state index contributed by atoms with van der Waals surface area (Å²) in [5, 5.41) is 12.1. The van der Waals surface area contributed by atoms with Gasteiger partial charge in [-0.3, -0.25) is 9.59 Å². The number of nitrogens with one attached hydrogen (secondary N) is 1. The summed E-state index contributed by atoms with van der Waals surface area (Å²) in [6.45, 7) is 7.73. The Kier molecular flexibility index (Phi) is 9.17. The van der Waals surface area contributed by atoms with Crippen molar-refractivity contribution >= 4 is 52.1 Å². The number of ether oxygens (including phenoxy) is 2. The number of nitrogens with two attached hydrogens (primary N) is 2. The van der Waals surface area contributed by atoms with Crippen LogP contribution in [-0.2, 0) is 34.0 Å². The molecule has 0 spiro atoms. The fourth-order valence-corrected chi connectivity index (χ4v) is 4.09. The molecule has 3 rings (SSSR count). The van der Waals surface area contributed by atoms with Gasteiger partial charge in [0.05, 0.1) is 13.2 Å². The van der Waals surface area contributed by atoms with E-state index in [2.05, 4.69) is 15.3 Å². The van der Waals surface area contributed by atoms with Gasteiger partial charge in [0.25, 0.3) is 11.7 Å². The minimum atomic E-state index is -1.05. The molecule has 6 N–H and O–H groups in total. The number of aromatic nitrogens is 4. The Hall–Kier alpha value is -4.13. The highest BCUT2D eigenvalue weighted by Crippen LogP contribution is 2.23. The van der Waals surface area contributed by atoms with Crippen LogP contribution in [0.4, 0.5) is 11.6 Å². The summed E-state index contributed by atoms with van der Waals surface area (Å²) >= 11 is 5.89. The molecule has 0 bridgehead atoms. The summed E-state index contributed by atoms with van der Waals surface area (Å²) in [5.41, 5.74) is 12.0. The molecule has 13 nitrogen and oxygen atoms in total. The number of hydrogen-bond acceptors (Lipinski definition) is 9. The number of benzene rings is 1. The number of anilines is 2. The number of esters is 1. The summed E-state index contributed by atoms with van der Waals surface area (Å²) in [6.07, 6.45) is 0.695. The molecule has 0 radical (unpaired) electrons. The number of carboxylic acids is 1. The van der Waals surface area contributed by atoms with E-state index in [4.69, 9.17) is 32.5 Å². The van der Waals surface area contributed by atoms with Gasteiger partial charge in [-0.1, -0.05) is 11.6 Å². The van der Waals surface area contributed by atoms with Gasteiger partial charge in [0.1, 0.15) is 17.9 Å². The molecule has 0 saturated carbocycles. The molecule has 1 amide bonds. The first-order chi connectivity index (χ1) is 18.3. The molecule has 0 aliphatic carbocycles. The van der Waals surface area contributed by atoms with Crippen molar-refractivity contribution < 1.29 is 33.5 Å². The fraction of sp³-hybridized carbons (Fsp3) is 0.440. The number of fused-ring (bicyclic) bond motifs is 1. The monoisotopic (exact) mass is 562 g/mol. The number of amides is 1. The maximum absolute atomic E-state index is 12.8. The van der Waals surface area contributed by atoms with Gasteiger partial charge < -0.3 is 31.4 Å². The van der Waals surface area contributed by atoms with Gasteiger partial charge >= 0.3 is 11.9 Å². The van der Waals surface area contributed by atoms with E-state index in [0.717, 1.165) is 0 Å². The second kappa shape index (κ2) is 12.2. The van der Waals surface area contributed by atoms with Crippen molar-refractivity contribution in [2.24, 2.45) is 0 Å². The SMILES string of the molecule is CCn1c(CNC(=O)c2nc(Cl)c(N)nc2N)[n+](CC(=O)O)c2ccc(OCCCC(=O)OC(C)(C)C)cc21. The number of carbonyl (C=O) groups is 3. The predicted octanol–water partition coefficient (Wildman–Crippen LogP) is 2.07. The standard InChI is InChI=1S/C25H32ClN7O6/c1-5-32-16-11-14(38-10-6-7-19(36)39-25(2,3)4)8-9-15(16)33(13-18(34)35)17(32)12-29-24(37)20-22(27)31-23(28)21(26)30-20/h8-9,11H,5-7,10,12-13H2,1-4H3,(H5-,27,28,29,31,34,35,37)/p+1. The summed E-state index contributed by atoms with van der Waals surface area (Å²) in [7, 11) is 0. The Labute approximate surface area is 230 Å². The van der Waals surface area contributed by atoms with Crippen LogP contribution in [0.2, 0.25) is 5.15 Å². The minimum absolute atomic E-state index is 0.0379. The topological polar surface area (TPSA) is 189 Å². The Morgan fingerprint density at radius 3 is 2.54 bits per heavy atom. The predicted molar refractivity (Wildman–Crippen MR) is 143 cm³/mol. The summed E-state index contributed by atoms with van der Waals surface area (Å²) < 4.78 is 14.6. The molecular formula is C25H33ClN7O6+. The Morgan fingerprint density at radius 1 is 1.18 bits per heavy atom. The molecule has 0 atom stereocenters. The average Bonchev–Trinajstić information content (AvgIpc) is 3.12. The van der Waals surface area contributed by atoms with E-state index >= 15 is 0 Å². The van der Waals surface area contributed by atoms with Gasteiger partial charge in [0, 0.05) is 12.5 Å². The number of hydrogen-bond donors (Lipinski definition) is 4. The minimum Gasteiger partial charge on any atom is -0.493 e. The number of rotatable bonds is 11. The van der Waals surface area contributed by atoms with Crippen LogP contribution in [0.25, 0.3) is 11.0 Å². The number of carbonyl (C=O) groups excluding carboxylic acids is 2. The van der Waals surface area contributed by atoms with Gasteiger partial charge in [-0.25, -0.2) is 23.9 Å². The highest BCUT2D eigenvalue weighted by atomic mass is 35.5. The number of halogens is 1. The van der Waals surface area contributed by atoms with Crippen LogP contribution in [-0.4, -0.2) is 49.7 Å². The van der Waals surface area contributed by atoms with Crippen molar-refractivity contribution in [2.75, 3.05) is 18.1 Å². The van der Waals surface area contributed by atoms with Crippen LogP contribution in [0.3, 0.4) is 0 Å². The van der Waals surface area contributed by atoms with Crippen LogP contribution >= 0.6 is 11.6 Å². The first kappa shape index (κ1) is 29.4. The largest absolute Gasteiger partial charge is 0.493 e. The zero-order valence-corrected chi connectivity index (χ0v) is 23.0. The molecule has 0 saturated heterocycles. The normalized spacial score (nSPS) is 11.4. The number of imidazole rings is 1. The number of nitrogen functional groups attached to an aromatic ring is 2. The zero-order chi connectivity index (χ0) is 28.9. The van der Waals surface area contributed by atoms with Crippen molar-refractivity contribution in [1.29, 1.82) is 0 Å². The smallest absolute Gasteiger partial charge is 0.346 e. The Bertz CT molecular complexity index is 1400. The lowest BCUT2D eigenvalue weighted by Crippen LogP contribution is -2.44. The third-order valence-corrected chi connectivity index (χ3v) is 5.78. The van der Waals surface area contributed by atoms with Gasteiger partial charge in [-0.2, -0.15) is 0 Å². The first-order valence-electron chi connectivity index (χ1n) is 12.3. The lowest BCUT2D eigenvalue weighted by molar-refractivity contribution is -0.668. The van der Waals surface area contributed by atoms with Gasteiger partial charge in [-0.05, 0) is 46.2 Å². The molecule has 0 aliphatic heterocycles. The van der Waals surface area contributed by atoms with E-state index in [1.807, 2.05) is 32.3 Å². The molecule has 2 heterocycles. The van der Waals surface area contributed by atoms with Crippen molar-refractivity contribution in [2.45, 2.75) is 65.8 Å². The number of nitrogens with zero attached hydrogens (tertiary/aromatic N) is 4.